The summed E-state index contributed by atoms with van der Waals surface area (Å²) in [4.78, 5) is 29.8. The average molecular weight is 1290 g/mol. The number of hydrogen-bond acceptors (Lipinski definition) is 7. The molecular weight excluding hydrogens is 1250 g/mol. The highest BCUT2D eigenvalue weighted by molar-refractivity contribution is 6.15. The van der Waals surface area contributed by atoms with Crippen molar-refractivity contribution in [3.05, 3.63) is 316 Å². The molecule has 0 spiro atoms. The van der Waals surface area contributed by atoms with Crippen LogP contribution in [0.25, 0.3) is 164 Å². The van der Waals surface area contributed by atoms with Gasteiger partial charge in [-0.2, -0.15) is 34.2 Å². The molecule has 0 saturated heterocycles. The molecule has 16 heteroatoms. The molecular formula is C84H40F3N13. The molecule has 0 radical (unpaired) electrons. The fourth-order valence-corrected chi connectivity index (χ4v) is 13.3. The second-order valence-electron chi connectivity index (χ2n) is 23.4. The van der Waals surface area contributed by atoms with Gasteiger partial charge in [-0.3, -0.25) is 0 Å². The van der Waals surface area contributed by atoms with Crippen LogP contribution in [0.2, 0.25) is 0 Å². The molecule has 0 aliphatic carbocycles. The number of alkyl halides is 3. The number of rotatable bonds is 10. The van der Waals surface area contributed by atoms with Gasteiger partial charge in [-0.25, -0.2) is 34.3 Å². The average Bonchev–Trinajstić information content (AvgIpc) is 1.52. The first kappa shape index (κ1) is 61.2. The van der Waals surface area contributed by atoms with Crippen LogP contribution in [0.1, 0.15) is 27.8 Å². The van der Waals surface area contributed by atoms with Crippen LogP contribution in [0.15, 0.2) is 243 Å². The van der Waals surface area contributed by atoms with E-state index in [1.807, 2.05) is 114 Å². The number of benzene rings is 12. The van der Waals surface area contributed by atoms with E-state index in [2.05, 4.69) is 43.7 Å². The maximum absolute atomic E-state index is 17.0. The number of fused-ring (bicyclic) bond motifs is 6. The van der Waals surface area contributed by atoms with Gasteiger partial charge in [0.15, 0.2) is 40.2 Å². The molecule has 0 fully saturated rings. The molecule has 0 unspecified atom stereocenters. The Hall–Kier alpha value is -15.0. The van der Waals surface area contributed by atoms with Gasteiger partial charge in [0.25, 0.3) is 0 Å². The van der Waals surface area contributed by atoms with Crippen LogP contribution in [0.4, 0.5) is 35.9 Å². The summed E-state index contributed by atoms with van der Waals surface area (Å²) in [6, 6.07) is 78.0. The van der Waals surface area contributed by atoms with E-state index in [-0.39, 0.29) is 67.8 Å². The van der Waals surface area contributed by atoms with Gasteiger partial charge in [0.2, 0.25) is 0 Å². The van der Waals surface area contributed by atoms with Crippen LogP contribution < -0.4 is 0 Å². The zero-order valence-electron chi connectivity index (χ0n) is 52.0. The SMILES string of the molecule is [C-]#[N+]c1ccc(-c2ccc3c(c2)c2cc(-c4ccc(C#N)cc4[N+]#[C-])ccc2n3-c2ccc(-c3nc(-c4ccccc4)nc(-c4ccccc4)n3)cc2-c2c(-n3c4ccc(-c5ccc([N+]#[C-])cc5C#N)cc4c4cc(-c5ccc(C#N)cc5[N+]#[C-])ccc43)cccc2C(F)(F)F)c(C#N)c1. The Bertz CT molecular complexity index is 6060. The van der Waals surface area contributed by atoms with E-state index in [1.54, 1.807) is 102 Å². The van der Waals surface area contributed by atoms with Gasteiger partial charge in [-0.1, -0.05) is 127 Å². The Morgan fingerprint density at radius 1 is 0.330 bits per heavy atom. The molecule has 0 bridgehead atoms. The normalized spacial score (nSPS) is 11.1. The van der Waals surface area contributed by atoms with Gasteiger partial charge in [0, 0.05) is 71.6 Å². The van der Waals surface area contributed by atoms with Crippen LogP contribution in [0.5, 0.6) is 0 Å². The third-order valence-corrected chi connectivity index (χ3v) is 17.8. The predicted molar refractivity (Wildman–Crippen MR) is 381 cm³/mol. The molecule has 462 valence electrons. The number of hydrogen-bond donors (Lipinski definition) is 0. The van der Waals surface area contributed by atoms with E-state index < -0.39 is 11.7 Å². The van der Waals surface area contributed by atoms with Gasteiger partial charge in [-0.15, -0.1) is 0 Å². The lowest BCUT2D eigenvalue weighted by Crippen LogP contribution is -2.11. The Balaban J connectivity index is 1.07. The number of halogens is 3. The fraction of sp³-hybridized carbons (Fsp3) is 0.0119. The van der Waals surface area contributed by atoms with E-state index >= 15 is 13.2 Å². The molecule has 15 aromatic rings. The molecule has 3 aromatic heterocycles. The number of nitrogens with zero attached hydrogens (tertiary/aromatic N) is 13. The zero-order valence-corrected chi connectivity index (χ0v) is 52.0. The van der Waals surface area contributed by atoms with Crippen molar-refractivity contribution in [1.29, 1.82) is 21.0 Å². The van der Waals surface area contributed by atoms with Crippen molar-refractivity contribution in [3.63, 3.8) is 0 Å². The summed E-state index contributed by atoms with van der Waals surface area (Å²) in [7, 11) is 0. The van der Waals surface area contributed by atoms with Gasteiger partial charge in [-0.05, 0) is 160 Å². The summed E-state index contributed by atoms with van der Waals surface area (Å²) in [5, 5.41) is 43.1. The van der Waals surface area contributed by atoms with E-state index in [0.717, 1.165) is 6.07 Å². The van der Waals surface area contributed by atoms with Crippen molar-refractivity contribution in [1.82, 2.24) is 24.1 Å². The number of aromatic nitrogens is 5. The van der Waals surface area contributed by atoms with E-state index in [4.69, 9.17) is 41.2 Å². The first-order valence-corrected chi connectivity index (χ1v) is 30.9. The minimum Gasteiger partial charge on any atom is -0.309 e. The van der Waals surface area contributed by atoms with Gasteiger partial charge < -0.3 is 9.13 Å². The number of nitriles is 4. The lowest BCUT2D eigenvalue weighted by Gasteiger charge is -2.23. The van der Waals surface area contributed by atoms with Gasteiger partial charge in [0.1, 0.15) is 0 Å². The Kier molecular flexibility index (Phi) is 15.1. The predicted octanol–water partition coefficient (Wildman–Crippen LogP) is 22.1. The first-order chi connectivity index (χ1) is 48.8. The second kappa shape index (κ2) is 24.7. The summed E-state index contributed by atoms with van der Waals surface area (Å²) >= 11 is 0. The van der Waals surface area contributed by atoms with Crippen LogP contribution in [0, 0.1) is 71.6 Å². The molecule has 0 saturated carbocycles. The molecule has 0 aliphatic heterocycles. The lowest BCUT2D eigenvalue weighted by atomic mass is 9.93. The molecule has 100 heavy (non-hydrogen) atoms. The van der Waals surface area contributed by atoms with Crippen molar-refractivity contribution >= 4 is 66.4 Å². The van der Waals surface area contributed by atoms with Crippen LogP contribution in [-0.4, -0.2) is 24.1 Å². The molecule has 15 rings (SSSR count). The third kappa shape index (κ3) is 10.5. The Morgan fingerprint density at radius 3 is 1.13 bits per heavy atom. The topological polar surface area (TPSA) is 161 Å². The lowest BCUT2D eigenvalue weighted by molar-refractivity contribution is -0.137. The van der Waals surface area contributed by atoms with Crippen molar-refractivity contribution in [2.75, 3.05) is 0 Å². The summed E-state index contributed by atoms with van der Waals surface area (Å²) in [6.45, 7) is 31.8. The fourth-order valence-electron chi connectivity index (χ4n) is 13.3. The Morgan fingerprint density at radius 2 is 0.730 bits per heavy atom. The maximum atomic E-state index is 17.0. The summed E-state index contributed by atoms with van der Waals surface area (Å²) < 4.78 is 54.7. The summed E-state index contributed by atoms with van der Waals surface area (Å²) in [5.41, 5.74) is 9.36. The highest BCUT2D eigenvalue weighted by Crippen LogP contribution is 2.50. The van der Waals surface area contributed by atoms with Gasteiger partial charge >= 0.3 is 6.18 Å². The van der Waals surface area contributed by atoms with Crippen molar-refractivity contribution in [2.24, 2.45) is 0 Å². The monoisotopic (exact) mass is 1290 g/mol. The molecule has 0 amide bonds. The minimum atomic E-state index is -5.03. The first-order valence-electron chi connectivity index (χ1n) is 30.9. The summed E-state index contributed by atoms with van der Waals surface area (Å²) in [6.07, 6.45) is -5.03. The van der Waals surface area contributed by atoms with Crippen molar-refractivity contribution in [2.45, 2.75) is 6.18 Å². The smallest absolute Gasteiger partial charge is 0.309 e. The van der Waals surface area contributed by atoms with Crippen molar-refractivity contribution < 1.29 is 13.2 Å². The minimum absolute atomic E-state index is 0.0836. The summed E-state index contributed by atoms with van der Waals surface area (Å²) in [5.74, 6) is 0.772. The zero-order chi connectivity index (χ0) is 68.9. The van der Waals surface area contributed by atoms with Gasteiger partial charge in [0.05, 0.1) is 89.6 Å². The van der Waals surface area contributed by atoms with Crippen LogP contribution in [-0.2, 0) is 6.18 Å². The molecule has 0 aliphatic rings. The second-order valence-corrected chi connectivity index (χ2v) is 23.4. The Labute approximate surface area is 569 Å². The molecule has 3 heterocycles. The van der Waals surface area contributed by atoms with E-state index in [9.17, 15) is 21.0 Å². The van der Waals surface area contributed by atoms with E-state index in [0.29, 0.717) is 122 Å². The third-order valence-electron chi connectivity index (χ3n) is 17.8. The van der Waals surface area contributed by atoms with E-state index in [1.165, 1.54) is 30.3 Å². The highest BCUT2D eigenvalue weighted by atomic mass is 19.4. The molecule has 0 N–H and O–H groups in total. The molecule has 13 nitrogen and oxygen atoms in total. The molecule has 0 atom stereocenters. The van der Waals surface area contributed by atoms with Crippen LogP contribution >= 0.6 is 0 Å². The quantitative estimate of drug-likeness (QED) is 0.123. The van der Waals surface area contributed by atoms with Crippen LogP contribution in [0.3, 0.4) is 0 Å². The largest absolute Gasteiger partial charge is 0.417 e. The molecule has 12 aromatic carbocycles. The maximum Gasteiger partial charge on any atom is 0.417 e. The van der Waals surface area contributed by atoms with Crippen molar-refractivity contribution in [3.8, 4) is 125 Å². The highest BCUT2D eigenvalue weighted by Gasteiger charge is 2.37. The standard InChI is InChI=1S/C84H40F3N13/c1-92-60-25-29-62(58(38-60)47-90)53-20-31-74-66(40-53)68-42-55(64-27-18-49(45-88)36-72(64)94-3)22-33-75(68)99(74)78-35-24-57(83-97-81(51-12-7-5-8-13-51)96-82(98-83)52-14-9-6-10-15-52)44-70(78)80-71(84(85,86)87)16-11-17-79(80)100-76-32-21-54(63-30-26-61(93-2)39-59(63)48-91)41-67(76)69-43-56(23-34-77(69)100)65-28-19-50(46-89)37-73(65)95-4/h5-44H.